The Balaban J connectivity index is 2.50. The summed E-state index contributed by atoms with van der Waals surface area (Å²) in [6.07, 6.45) is 2.04. The summed E-state index contributed by atoms with van der Waals surface area (Å²) in [6.45, 7) is 5.57. The van der Waals surface area contributed by atoms with Crippen molar-refractivity contribution in [3.05, 3.63) is 40.1 Å². The standard InChI is InChI=1S/C18H23ClN2O4/c1-4-5-6-13-15(17(23)25-10(2)3)16(21-18(24)20-13)11-7-8-14(22)12(19)9-11/h7-10,16,22H,4-6H2,1-3H3,(H2,20,21,24). The van der Waals surface area contributed by atoms with Gasteiger partial charge >= 0.3 is 12.0 Å². The van der Waals surface area contributed by atoms with E-state index < -0.39 is 12.0 Å². The van der Waals surface area contributed by atoms with E-state index in [0.29, 0.717) is 23.3 Å². The van der Waals surface area contributed by atoms with Gasteiger partial charge in [-0.3, -0.25) is 0 Å². The lowest BCUT2D eigenvalue weighted by atomic mass is 9.93. The highest BCUT2D eigenvalue weighted by molar-refractivity contribution is 6.32. The molecule has 136 valence electrons. The molecule has 7 heteroatoms. The molecular weight excluding hydrogens is 344 g/mol. The minimum Gasteiger partial charge on any atom is -0.506 e. The number of halogens is 1. The quantitative estimate of drug-likeness (QED) is 0.668. The number of aromatic hydroxyl groups is 1. The van der Waals surface area contributed by atoms with Gasteiger partial charge < -0.3 is 20.5 Å². The molecular formula is C18H23ClN2O4. The Kier molecular flexibility index (Phi) is 6.31. The third kappa shape index (κ3) is 4.66. The summed E-state index contributed by atoms with van der Waals surface area (Å²) in [5.74, 6) is -0.546. The molecule has 2 rings (SSSR count). The summed E-state index contributed by atoms with van der Waals surface area (Å²) in [5.41, 5.74) is 1.52. The molecule has 1 heterocycles. The Bertz CT molecular complexity index is 700. The number of hydrogen-bond donors (Lipinski definition) is 3. The predicted octanol–water partition coefficient (Wildman–Crippen LogP) is 3.80. The Labute approximate surface area is 152 Å². The molecule has 3 N–H and O–H groups in total. The van der Waals surface area contributed by atoms with Gasteiger partial charge in [0, 0.05) is 5.70 Å². The van der Waals surface area contributed by atoms with E-state index in [9.17, 15) is 14.7 Å². The monoisotopic (exact) mass is 366 g/mol. The number of amides is 2. The average Bonchev–Trinajstić information content (AvgIpc) is 2.54. The first-order valence-corrected chi connectivity index (χ1v) is 8.71. The Morgan fingerprint density at radius 3 is 2.72 bits per heavy atom. The molecule has 0 aliphatic carbocycles. The maximum Gasteiger partial charge on any atom is 0.338 e. The van der Waals surface area contributed by atoms with Gasteiger partial charge in [0.05, 0.1) is 22.7 Å². The van der Waals surface area contributed by atoms with Crippen LogP contribution in [0.25, 0.3) is 0 Å². The zero-order chi connectivity index (χ0) is 18.6. The van der Waals surface area contributed by atoms with Gasteiger partial charge in [0.25, 0.3) is 0 Å². The number of hydrogen-bond acceptors (Lipinski definition) is 4. The summed E-state index contributed by atoms with van der Waals surface area (Å²) in [4.78, 5) is 24.7. The van der Waals surface area contributed by atoms with Crippen molar-refractivity contribution in [1.82, 2.24) is 10.6 Å². The zero-order valence-corrected chi connectivity index (χ0v) is 15.3. The molecule has 0 aromatic heterocycles. The third-order valence-electron chi connectivity index (χ3n) is 3.80. The minimum absolute atomic E-state index is 0.0628. The van der Waals surface area contributed by atoms with Crippen molar-refractivity contribution in [2.75, 3.05) is 0 Å². The van der Waals surface area contributed by atoms with Gasteiger partial charge in [-0.15, -0.1) is 0 Å². The van der Waals surface area contributed by atoms with Gasteiger partial charge in [-0.2, -0.15) is 0 Å². The van der Waals surface area contributed by atoms with Crippen LogP contribution in [0, 0.1) is 0 Å². The molecule has 1 aromatic carbocycles. The number of unbranched alkanes of at least 4 members (excludes halogenated alkanes) is 1. The molecule has 1 aliphatic heterocycles. The van der Waals surface area contributed by atoms with E-state index in [2.05, 4.69) is 10.6 Å². The van der Waals surface area contributed by atoms with E-state index in [4.69, 9.17) is 16.3 Å². The van der Waals surface area contributed by atoms with Crippen LogP contribution in [0.2, 0.25) is 5.02 Å². The molecule has 1 atom stereocenters. The fraction of sp³-hybridized carbons (Fsp3) is 0.444. The van der Waals surface area contributed by atoms with Crippen LogP contribution >= 0.6 is 11.6 Å². The van der Waals surface area contributed by atoms with Crippen molar-refractivity contribution in [3.8, 4) is 5.75 Å². The summed E-state index contributed by atoms with van der Waals surface area (Å²) >= 11 is 5.99. The van der Waals surface area contributed by atoms with E-state index in [1.807, 2.05) is 6.92 Å². The van der Waals surface area contributed by atoms with Crippen LogP contribution in [0.3, 0.4) is 0 Å². The molecule has 0 radical (unpaired) electrons. The number of rotatable bonds is 6. The van der Waals surface area contributed by atoms with Gasteiger partial charge in [-0.1, -0.05) is 31.0 Å². The Morgan fingerprint density at radius 2 is 2.12 bits per heavy atom. The van der Waals surface area contributed by atoms with Gasteiger partial charge in [0.2, 0.25) is 0 Å². The van der Waals surface area contributed by atoms with Crippen LogP contribution < -0.4 is 10.6 Å². The highest BCUT2D eigenvalue weighted by atomic mass is 35.5. The number of benzene rings is 1. The summed E-state index contributed by atoms with van der Waals surface area (Å²) < 4.78 is 5.37. The second kappa shape index (κ2) is 8.25. The molecule has 6 nitrogen and oxygen atoms in total. The molecule has 0 saturated heterocycles. The van der Waals surface area contributed by atoms with Crippen molar-refractivity contribution in [1.29, 1.82) is 0 Å². The van der Waals surface area contributed by atoms with Gasteiger partial charge in [0.1, 0.15) is 5.75 Å². The van der Waals surface area contributed by atoms with Crippen molar-refractivity contribution in [2.24, 2.45) is 0 Å². The average molecular weight is 367 g/mol. The van der Waals surface area contributed by atoms with E-state index in [1.165, 1.54) is 12.1 Å². The maximum absolute atomic E-state index is 12.7. The van der Waals surface area contributed by atoms with E-state index in [1.54, 1.807) is 19.9 Å². The summed E-state index contributed by atoms with van der Waals surface area (Å²) in [5, 5.41) is 15.2. The van der Waals surface area contributed by atoms with Gasteiger partial charge in [0.15, 0.2) is 0 Å². The predicted molar refractivity (Wildman–Crippen MR) is 95.3 cm³/mol. The topological polar surface area (TPSA) is 87.7 Å². The van der Waals surface area contributed by atoms with Crippen LogP contribution in [-0.4, -0.2) is 23.2 Å². The number of carbonyl (C=O) groups excluding carboxylic acids is 2. The van der Waals surface area contributed by atoms with Crippen LogP contribution in [0.5, 0.6) is 5.75 Å². The molecule has 1 aromatic rings. The van der Waals surface area contributed by atoms with Crippen molar-refractivity contribution in [2.45, 2.75) is 52.2 Å². The van der Waals surface area contributed by atoms with E-state index >= 15 is 0 Å². The Morgan fingerprint density at radius 1 is 1.40 bits per heavy atom. The normalized spacial score (nSPS) is 17.3. The smallest absolute Gasteiger partial charge is 0.338 e. The molecule has 1 unspecified atom stereocenters. The molecule has 0 spiro atoms. The second-order valence-corrected chi connectivity index (χ2v) is 6.60. The molecule has 0 bridgehead atoms. The first-order valence-electron chi connectivity index (χ1n) is 8.33. The number of nitrogens with one attached hydrogen (secondary N) is 2. The van der Waals surface area contributed by atoms with Crippen molar-refractivity contribution < 1.29 is 19.4 Å². The van der Waals surface area contributed by atoms with Crippen LogP contribution in [0.4, 0.5) is 4.79 Å². The molecule has 0 fully saturated rings. The van der Waals surface area contributed by atoms with Gasteiger partial charge in [-0.05, 0) is 44.4 Å². The van der Waals surface area contributed by atoms with Crippen LogP contribution in [-0.2, 0) is 9.53 Å². The lowest BCUT2D eigenvalue weighted by Gasteiger charge is -2.30. The SMILES string of the molecule is CCCCC1=C(C(=O)OC(C)C)C(c2ccc(O)c(Cl)c2)NC(=O)N1. The van der Waals surface area contributed by atoms with Crippen LogP contribution in [0.15, 0.2) is 29.5 Å². The fourth-order valence-electron chi connectivity index (χ4n) is 2.64. The van der Waals surface area contributed by atoms with E-state index in [0.717, 1.165) is 12.8 Å². The number of allylic oxidation sites excluding steroid dienone is 1. The first kappa shape index (κ1) is 19.1. The summed E-state index contributed by atoms with van der Waals surface area (Å²) in [6, 6.07) is 3.51. The lowest BCUT2D eigenvalue weighted by molar-refractivity contribution is -0.143. The van der Waals surface area contributed by atoms with Crippen LogP contribution in [0.1, 0.15) is 51.6 Å². The third-order valence-corrected chi connectivity index (χ3v) is 4.10. The molecule has 1 aliphatic rings. The molecule has 0 saturated carbocycles. The maximum atomic E-state index is 12.7. The largest absolute Gasteiger partial charge is 0.506 e. The first-order chi connectivity index (χ1) is 11.8. The highest BCUT2D eigenvalue weighted by Crippen LogP contribution is 2.33. The Hall–Kier alpha value is -2.21. The lowest BCUT2D eigenvalue weighted by Crippen LogP contribution is -2.46. The zero-order valence-electron chi connectivity index (χ0n) is 14.6. The fourth-order valence-corrected chi connectivity index (χ4v) is 2.83. The van der Waals surface area contributed by atoms with Gasteiger partial charge in [-0.25, -0.2) is 9.59 Å². The highest BCUT2D eigenvalue weighted by Gasteiger charge is 2.34. The molecule has 2 amide bonds. The number of ether oxygens (including phenoxy) is 1. The molecule has 25 heavy (non-hydrogen) atoms. The summed E-state index contributed by atoms with van der Waals surface area (Å²) in [7, 11) is 0. The minimum atomic E-state index is -0.690. The number of urea groups is 1. The number of carbonyl (C=O) groups is 2. The van der Waals surface area contributed by atoms with Crippen molar-refractivity contribution >= 4 is 23.6 Å². The number of esters is 1. The van der Waals surface area contributed by atoms with Crippen molar-refractivity contribution in [3.63, 3.8) is 0 Å². The van der Waals surface area contributed by atoms with E-state index in [-0.39, 0.29) is 22.9 Å². The number of phenolic OH excluding ortho intramolecular Hbond substituents is 1. The second-order valence-electron chi connectivity index (χ2n) is 6.19. The number of phenols is 1.